The Morgan fingerprint density at radius 3 is 2.19 bits per heavy atom. The van der Waals surface area contributed by atoms with Crippen molar-refractivity contribution in [2.75, 3.05) is 26.3 Å². The van der Waals surface area contributed by atoms with E-state index in [1.54, 1.807) is 48.2 Å². The lowest BCUT2D eigenvalue weighted by Crippen LogP contribution is -2.54. The van der Waals surface area contributed by atoms with E-state index in [2.05, 4.69) is 5.32 Å². The molecule has 2 heterocycles. The monoisotopic (exact) mass is 507 g/mol. The van der Waals surface area contributed by atoms with Crippen LogP contribution in [-0.2, 0) is 19.1 Å². The first-order chi connectivity index (χ1) is 18.0. The van der Waals surface area contributed by atoms with Crippen LogP contribution in [0, 0.1) is 0 Å². The maximum Gasteiger partial charge on any atom is 0.333 e. The lowest BCUT2D eigenvalue weighted by Gasteiger charge is -2.31. The van der Waals surface area contributed by atoms with E-state index >= 15 is 0 Å². The summed E-state index contributed by atoms with van der Waals surface area (Å²) in [6, 6.07) is 15.2. The number of Topliss-reactive ketones (excluding diaryl/α,β-unsaturated/α-hetero) is 1. The molecule has 3 atom stereocenters. The molecule has 2 aromatic rings. The van der Waals surface area contributed by atoms with Gasteiger partial charge in [0.15, 0.2) is 11.8 Å². The fraction of sp³-hybridized carbons (Fsp3) is 0.429. The normalized spacial score (nSPS) is 19.8. The van der Waals surface area contributed by atoms with Crippen molar-refractivity contribution in [3.8, 4) is 5.75 Å². The Morgan fingerprint density at radius 1 is 0.892 bits per heavy atom. The third-order valence-corrected chi connectivity index (χ3v) is 6.75. The SMILES string of the molecule is CCOC(=O)[C@@H](NC(=O)N1CCC[C@H]1C(=O)N1CCC[C@H]1C(=O)COc1ccccc1)c1ccccc1. The maximum atomic E-state index is 13.6. The van der Waals surface area contributed by atoms with Crippen LogP contribution >= 0.6 is 0 Å². The van der Waals surface area contributed by atoms with Crippen LogP contribution < -0.4 is 10.1 Å². The summed E-state index contributed by atoms with van der Waals surface area (Å²) in [5, 5.41) is 2.76. The third-order valence-electron chi connectivity index (χ3n) is 6.75. The summed E-state index contributed by atoms with van der Waals surface area (Å²) in [5.41, 5.74) is 0.597. The van der Waals surface area contributed by atoms with Gasteiger partial charge in [-0.2, -0.15) is 0 Å². The van der Waals surface area contributed by atoms with E-state index in [1.807, 2.05) is 24.3 Å². The van der Waals surface area contributed by atoms with Gasteiger partial charge in [-0.3, -0.25) is 9.59 Å². The van der Waals surface area contributed by atoms with Crippen LogP contribution in [0.25, 0.3) is 0 Å². The summed E-state index contributed by atoms with van der Waals surface area (Å²) in [7, 11) is 0. The van der Waals surface area contributed by atoms with E-state index in [0.29, 0.717) is 50.1 Å². The lowest BCUT2D eigenvalue weighted by molar-refractivity contribution is -0.145. The van der Waals surface area contributed by atoms with Gasteiger partial charge >= 0.3 is 12.0 Å². The molecule has 2 fully saturated rings. The van der Waals surface area contributed by atoms with Gasteiger partial charge in [-0.25, -0.2) is 9.59 Å². The van der Waals surface area contributed by atoms with Crippen molar-refractivity contribution in [3.05, 3.63) is 66.2 Å². The fourth-order valence-electron chi connectivity index (χ4n) is 4.95. The van der Waals surface area contributed by atoms with Crippen LogP contribution in [0.5, 0.6) is 5.75 Å². The number of likely N-dealkylation sites (tertiary alicyclic amines) is 2. The molecule has 1 N–H and O–H groups in total. The van der Waals surface area contributed by atoms with Crippen LogP contribution in [0.1, 0.15) is 44.2 Å². The number of hydrogen-bond acceptors (Lipinski definition) is 6. The topological polar surface area (TPSA) is 105 Å². The first-order valence-corrected chi connectivity index (χ1v) is 12.8. The van der Waals surface area contributed by atoms with Gasteiger partial charge in [0.2, 0.25) is 5.91 Å². The number of ether oxygens (including phenoxy) is 2. The number of nitrogens with zero attached hydrogens (tertiary/aromatic N) is 2. The minimum atomic E-state index is -0.985. The second-order valence-electron chi connectivity index (χ2n) is 9.15. The Balaban J connectivity index is 1.42. The minimum Gasteiger partial charge on any atom is -0.486 e. The number of amides is 3. The molecule has 0 bridgehead atoms. The van der Waals surface area contributed by atoms with E-state index in [0.717, 1.165) is 0 Å². The van der Waals surface area contributed by atoms with Crippen molar-refractivity contribution in [1.82, 2.24) is 15.1 Å². The van der Waals surface area contributed by atoms with Crippen molar-refractivity contribution in [3.63, 3.8) is 0 Å². The molecule has 0 unspecified atom stereocenters. The molecule has 2 aliphatic rings. The molecule has 4 rings (SSSR count). The van der Waals surface area contributed by atoms with Crippen molar-refractivity contribution in [2.24, 2.45) is 0 Å². The molecule has 0 aromatic heterocycles. The molecule has 0 aliphatic carbocycles. The first kappa shape index (κ1) is 26.2. The Bertz CT molecular complexity index is 1090. The fourth-order valence-corrected chi connectivity index (χ4v) is 4.95. The number of urea groups is 1. The number of benzene rings is 2. The Hall–Kier alpha value is -3.88. The number of hydrogen-bond donors (Lipinski definition) is 1. The summed E-state index contributed by atoms with van der Waals surface area (Å²) in [6.07, 6.45) is 2.44. The zero-order valence-corrected chi connectivity index (χ0v) is 21.0. The van der Waals surface area contributed by atoms with Gasteiger partial charge in [0.25, 0.3) is 0 Å². The predicted molar refractivity (Wildman–Crippen MR) is 136 cm³/mol. The molecular weight excluding hydrogens is 474 g/mol. The van der Waals surface area contributed by atoms with Crippen molar-refractivity contribution >= 4 is 23.7 Å². The highest BCUT2D eigenvalue weighted by Crippen LogP contribution is 2.26. The smallest absolute Gasteiger partial charge is 0.333 e. The minimum absolute atomic E-state index is 0.119. The molecule has 0 radical (unpaired) electrons. The highest BCUT2D eigenvalue weighted by atomic mass is 16.5. The van der Waals surface area contributed by atoms with Gasteiger partial charge in [-0.05, 0) is 50.3 Å². The second kappa shape index (κ2) is 12.4. The molecule has 9 nitrogen and oxygen atoms in total. The van der Waals surface area contributed by atoms with E-state index in [-0.39, 0.29) is 24.9 Å². The summed E-state index contributed by atoms with van der Waals surface area (Å²) >= 11 is 0. The van der Waals surface area contributed by atoms with E-state index in [9.17, 15) is 19.2 Å². The highest BCUT2D eigenvalue weighted by Gasteiger charge is 2.42. The van der Waals surface area contributed by atoms with Gasteiger partial charge < -0.3 is 24.6 Å². The first-order valence-electron chi connectivity index (χ1n) is 12.8. The van der Waals surface area contributed by atoms with Crippen molar-refractivity contribution in [2.45, 2.75) is 50.7 Å². The zero-order chi connectivity index (χ0) is 26.2. The van der Waals surface area contributed by atoms with Gasteiger partial charge in [0.1, 0.15) is 18.4 Å². The molecule has 2 saturated heterocycles. The standard InChI is InChI=1S/C28H33N3O6/c1-2-36-27(34)25(20-11-5-3-6-12-20)29-28(35)31-18-10-16-23(31)26(33)30-17-9-15-22(30)24(32)19-37-21-13-7-4-8-14-21/h3-8,11-14,22-23,25H,2,9-10,15-19H2,1H3,(H,29,35)/t22-,23-,25-/m0/s1. The van der Waals surface area contributed by atoms with E-state index in [4.69, 9.17) is 9.47 Å². The molecule has 2 aromatic carbocycles. The summed E-state index contributed by atoms with van der Waals surface area (Å²) < 4.78 is 10.8. The van der Waals surface area contributed by atoms with Crippen LogP contribution in [0.4, 0.5) is 4.79 Å². The van der Waals surface area contributed by atoms with E-state index < -0.39 is 30.1 Å². The summed E-state index contributed by atoms with van der Waals surface area (Å²) in [4.78, 5) is 55.5. The maximum absolute atomic E-state index is 13.6. The number of ketones is 1. The number of carbonyl (C=O) groups excluding carboxylic acids is 4. The molecule has 2 aliphatic heterocycles. The van der Waals surface area contributed by atoms with Gasteiger partial charge in [-0.15, -0.1) is 0 Å². The van der Waals surface area contributed by atoms with Crippen LogP contribution in [0.15, 0.2) is 60.7 Å². The van der Waals surface area contributed by atoms with Crippen LogP contribution in [0.2, 0.25) is 0 Å². The molecule has 3 amide bonds. The number of rotatable bonds is 9. The lowest BCUT2D eigenvalue weighted by atomic mass is 10.1. The van der Waals surface area contributed by atoms with Crippen LogP contribution in [-0.4, -0.2) is 71.9 Å². The number of carbonyl (C=O) groups is 4. The zero-order valence-electron chi connectivity index (χ0n) is 21.0. The van der Waals surface area contributed by atoms with Gasteiger partial charge in [0, 0.05) is 13.1 Å². The number of esters is 1. The molecule has 0 spiro atoms. The third kappa shape index (κ3) is 6.28. The predicted octanol–water partition coefficient (Wildman–Crippen LogP) is 3.10. The average Bonchev–Trinajstić information content (AvgIpc) is 3.62. The van der Waals surface area contributed by atoms with Crippen LogP contribution in [0.3, 0.4) is 0 Å². The largest absolute Gasteiger partial charge is 0.486 e. The summed E-state index contributed by atoms with van der Waals surface area (Å²) in [5.74, 6) is -0.363. The second-order valence-corrected chi connectivity index (χ2v) is 9.15. The highest BCUT2D eigenvalue weighted by molar-refractivity contribution is 5.94. The molecule has 0 saturated carbocycles. The summed E-state index contributed by atoms with van der Waals surface area (Å²) in [6.45, 7) is 2.61. The Labute approximate surface area is 216 Å². The Morgan fingerprint density at radius 2 is 1.51 bits per heavy atom. The molecule has 9 heteroatoms. The van der Waals surface area contributed by atoms with E-state index in [1.165, 1.54) is 4.90 Å². The van der Waals surface area contributed by atoms with Crippen molar-refractivity contribution in [1.29, 1.82) is 0 Å². The molecular formula is C28H33N3O6. The molecule has 37 heavy (non-hydrogen) atoms. The van der Waals surface area contributed by atoms with Gasteiger partial charge in [0.05, 0.1) is 12.6 Å². The van der Waals surface area contributed by atoms with Crippen molar-refractivity contribution < 1.29 is 28.7 Å². The number of para-hydroxylation sites is 1. The quantitative estimate of drug-likeness (QED) is 0.523. The molecule has 196 valence electrons. The average molecular weight is 508 g/mol. The van der Waals surface area contributed by atoms with Gasteiger partial charge in [-0.1, -0.05) is 48.5 Å². The Kier molecular flexibility index (Phi) is 8.77. The number of nitrogens with one attached hydrogen (secondary N) is 1.